The first kappa shape index (κ1) is 28.8. The molecule has 0 amide bonds. The summed E-state index contributed by atoms with van der Waals surface area (Å²) in [5.41, 5.74) is 0.729. The summed E-state index contributed by atoms with van der Waals surface area (Å²) in [5.74, 6) is -5.71. The highest BCUT2D eigenvalue weighted by Crippen LogP contribution is 2.40. The summed E-state index contributed by atoms with van der Waals surface area (Å²) in [6.45, 7) is 3.12. The molecule has 1 heterocycles. The molecule has 0 aromatic heterocycles. The van der Waals surface area contributed by atoms with Crippen molar-refractivity contribution in [2.45, 2.75) is 18.0 Å². The van der Waals surface area contributed by atoms with Crippen LogP contribution >= 0.6 is 0 Å². The summed E-state index contributed by atoms with van der Waals surface area (Å²) in [6, 6.07) is 32.2. The maximum absolute atomic E-state index is 13.4. The van der Waals surface area contributed by atoms with E-state index in [1.807, 2.05) is 0 Å². The second-order valence-corrected chi connectivity index (χ2v) is 9.46. The summed E-state index contributed by atoms with van der Waals surface area (Å²) >= 11 is 0. The zero-order valence-corrected chi connectivity index (χ0v) is 22.8. The van der Waals surface area contributed by atoms with E-state index in [4.69, 9.17) is 23.7 Å². The van der Waals surface area contributed by atoms with Gasteiger partial charge in [-0.15, -0.1) is 0 Å². The summed E-state index contributed by atoms with van der Waals surface area (Å²) in [6.07, 6.45) is -3.07. The lowest BCUT2D eigenvalue weighted by Gasteiger charge is -2.32. The predicted octanol–water partition coefficient (Wildman–Crippen LogP) is 5.39. The number of rotatable bonds is 9. The van der Waals surface area contributed by atoms with Gasteiger partial charge in [0.25, 0.3) is 0 Å². The molecule has 4 aromatic carbocycles. The van der Waals surface area contributed by atoms with Gasteiger partial charge in [0.1, 0.15) is 5.76 Å². The quantitative estimate of drug-likeness (QED) is 0.190. The molecule has 9 nitrogen and oxygen atoms in total. The van der Waals surface area contributed by atoms with Crippen LogP contribution in [-0.2, 0) is 23.7 Å². The zero-order valence-electron chi connectivity index (χ0n) is 22.8. The molecule has 1 aliphatic heterocycles. The Hall–Kier alpha value is -5.70. The minimum absolute atomic E-state index is 0.142. The number of benzene rings is 4. The second kappa shape index (κ2) is 12.9. The normalized spacial score (nSPS) is 19.0. The number of carbonyl (C=O) groups excluding carboxylic acids is 4. The smallest absolute Gasteiger partial charge is 0.341 e. The third kappa shape index (κ3) is 6.62. The molecule has 9 heteroatoms. The Balaban J connectivity index is 1.52. The van der Waals surface area contributed by atoms with E-state index >= 15 is 0 Å². The van der Waals surface area contributed by atoms with E-state index in [0.29, 0.717) is 0 Å². The first-order valence-electron chi connectivity index (χ1n) is 13.3. The fourth-order valence-electron chi connectivity index (χ4n) is 4.37. The van der Waals surface area contributed by atoms with Crippen molar-refractivity contribution in [3.05, 3.63) is 156 Å². The lowest BCUT2D eigenvalue weighted by atomic mass is 10.1. The van der Waals surface area contributed by atoms with Crippen LogP contribution < -0.4 is 0 Å². The molecule has 0 spiro atoms. The van der Waals surface area contributed by atoms with Gasteiger partial charge >= 0.3 is 29.7 Å². The van der Waals surface area contributed by atoms with E-state index in [0.717, 1.165) is 0 Å². The molecule has 43 heavy (non-hydrogen) atoms. The Morgan fingerprint density at radius 2 is 0.977 bits per heavy atom. The molecule has 1 saturated heterocycles. The number of carbonyl (C=O) groups is 4. The van der Waals surface area contributed by atoms with Crippen molar-refractivity contribution < 1.29 is 42.9 Å². The molecule has 0 N–H and O–H groups in total. The van der Waals surface area contributed by atoms with Crippen molar-refractivity contribution in [3.8, 4) is 0 Å². The van der Waals surface area contributed by atoms with Gasteiger partial charge in [-0.2, -0.15) is 0 Å². The van der Waals surface area contributed by atoms with E-state index in [1.165, 1.54) is 48.5 Å². The average molecular weight is 579 g/mol. The van der Waals surface area contributed by atoms with Crippen LogP contribution in [-0.4, -0.2) is 48.5 Å². The minimum atomic E-state index is -2.28. The molecule has 4 aromatic rings. The molecule has 1 unspecified atom stereocenters. The van der Waals surface area contributed by atoms with Crippen LogP contribution in [0.15, 0.2) is 134 Å². The van der Waals surface area contributed by atoms with Crippen molar-refractivity contribution in [1.82, 2.24) is 0 Å². The number of hydrogen-bond acceptors (Lipinski definition) is 9. The van der Waals surface area contributed by atoms with E-state index in [1.54, 1.807) is 72.8 Å². The minimum Gasteiger partial charge on any atom is -0.454 e. The standard InChI is InChI=1S/C34H26O9/c1-23-28(40-31(36)25-16-8-3-9-17-25)29(41-32(37)26-18-10-4-11-19-26)34(42-23,43-33(38)27-20-12-5-13-21-27)22-39-30(35)24-14-6-2-7-15-24/h2-21,28-29H,1,22H2/t28-,29+,34?/m1/s1. The Bertz CT molecular complexity index is 1610. The van der Waals surface area contributed by atoms with Gasteiger partial charge in [-0.05, 0) is 48.5 Å². The van der Waals surface area contributed by atoms with Crippen LogP contribution in [0.4, 0.5) is 0 Å². The van der Waals surface area contributed by atoms with E-state index in [-0.39, 0.29) is 28.0 Å². The molecule has 3 atom stereocenters. The van der Waals surface area contributed by atoms with Gasteiger partial charge in [-0.25, -0.2) is 19.2 Å². The number of esters is 4. The highest BCUT2D eigenvalue weighted by molar-refractivity contribution is 5.92. The molecular weight excluding hydrogens is 552 g/mol. The fraction of sp³-hybridized carbons (Fsp3) is 0.118. The van der Waals surface area contributed by atoms with Crippen LogP contribution in [0.2, 0.25) is 0 Å². The topological polar surface area (TPSA) is 114 Å². The number of hydrogen-bond donors (Lipinski definition) is 0. The van der Waals surface area contributed by atoms with Crippen molar-refractivity contribution in [1.29, 1.82) is 0 Å². The van der Waals surface area contributed by atoms with Crippen LogP contribution in [0.25, 0.3) is 0 Å². The Kier molecular flexibility index (Phi) is 8.62. The molecule has 1 fully saturated rings. The first-order chi connectivity index (χ1) is 20.9. The highest BCUT2D eigenvalue weighted by Gasteiger charge is 2.62. The molecule has 1 aliphatic rings. The average Bonchev–Trinajstić information content (AvgIpc) is 3.30. The second-order valence-electron chi connectivity index (χ2n) is 9.46. The molecule has 0 aliphatic carbocycles. The van der Waals surface area contributed by atoms with Crippen LogP contribution in [0.3, 0.4) is 0 Å². The van der Waals surface area contributed by atoms with E-state index in [9.17, 15) is 19.2 Å². The van der Waals surface area contributed by atoms with Crippen molar-refractivity contribution in [3.63, 3.8) is 0 Å². The Morgan fingerprint density at radius 1 is 0.581 bits per heavy atom. The van der Waals surface area contributed by atoms with Gasteiger partial charge < -0.3 is 23.7 Å². The monoisotopic (exact) mass is 578 g/mol. The lowest BCUT2D eigenvalue weighted by molar-refractivity contribution is -0.225. The number of ether oxygens (including phenoxy) is 5. The van der Waals surface area contributed by atoms with E-state index in [2.05, 4.69) is 6.58 Å². The van der Waals surface area contributed by atoms with Gasteiger partial charge in [-0.3, -0.25) is 0 Å². The van der Waals surface area contributed by atoms with Gasteiger partial charge in [0, 0.05) is 0 Å². The van der Waals surface area contributed by atoms with Crippen LogP contribution in [0.5, 0.6) is 0 Å². The van der Waals surface area contributed by atoms with Gasteiger partial charge in [-0.1, -0.05) is 79.4 Å². The molecule has 0 saturated carbocycles. The molecule has 216 valence electrons. The highest BCUT2D eigenvalue weighted by atomic mass is 16.8. The van der Waals surface area contributed by atoms with E-state index < -0.39 is 48.5 Å². The first-order valence-corrected chi connectivity index (χ1v) is 13.3. The van der Waals surface area contributed by atoms with Crippen LogP contribution in [0.1, 0.15) is 41.4 Å². The Labute approximate surface area is 247 Å². The van der Waals surface area contributed by atoms with Gasteiger partial charge in [0.15, 0.2) is 6.61 Å². The summed E-state index contributed by atoms with van der Waals surface area (Å²) in [5, 5.41) is 0. The molecule has 0 bridgehead atoms. The lowest BCUT2D eigenvalue weighted by Crippen LogP contribution is -2.53. The SMILES string of the molecule is C=C1OC(COC(=O)c2ccccc2)(OC(=O)c2ccccc2)[C@@H](OC(=O)c2ccccc2)[C@@H]1OC(=O)c1ccccc1. The molecule has 5 rings (SSSR count). The van der Waals surface area contributed by atoms with Gasteiger partial charge in [0.05, 0.1) is 22.3 Å². The predicted molar refractivity (Wildman–Crippen MR) is 153 cm³/mol. The largest absolute Gasteiger partial charge is 0.454 e. The summed E-state index contributed by atoms with van der Waals surface area (Å²) in [7, 11) is 0. The maximum Gasteiger partial charge on any atom is 0.341 e. The molecule has 0 radical (unpaired) electrons. The molecular formula is C34H26O9. The van der Waals surface area contributed by atoms with Gasteiger partial charge in [0.2, 0.25) is 12.2 Å². The summed E-state index contributed by atoms with van der Waals surface area (Å²) in [4.78, 5) is 52.7. The fourth-order valence-corrected chi connectivity index (χ4v) is 4.37. The third-order valence-electron chi connectivity index (χ3n) is 6.51. The van der Waals surface area contributed by atoms with Crippen molar-refractivity contribution in [2.24, 2.45) is 0 Å². The zero-order chi connectivity index (χ0) is 30.2. The maximum atomic E-state index is 13.4. The van der Waals surface area contributed by atoms with Crippen molar-refractivity contribution >= 4 is 23.9 Å². The van der Waals surface area contributed by atoms with Crippen LogP contribution in [0, 0.1) is 0 Å². The summed E-state index contributed by atoms with van der Waals surface area (Å²) < 4.78 is 28.9. The Morgan fingerprint density at radius 3 is 1.44 bits per heavy atom. The third-order valence-corrected chi connectivity index (χ3v) is 6.51. The van der Waals surface area contributed by atoms with Crippen molar-refractivity contribution in [2.75, 3.05) is 6.61 Å².